The summed E-state index contributed by atoms with van der Waals surface area (Å²) in [5.41, 5.74) is -28.8. The van der Waals surface area contributed by atoms with Crippen molar-refractivity contribution in [2.24, 2.45) is 0 Å². The van der Waals surface area contributed by atoms with Crippen LogP contribution in [-0.4, -0.2) is 23.9 Å². The molecule has 6 aromatic carbocycles. The summed E-state index contributed by atoms with van der Waals surface area (Å²) in [5, 5.41) is 2.73. The van der Waals surface area contributed by atoms with Gasteiger partial charge in [-0.1, -0.05) is 101 Å². The van der Waals surface area contributed by atoms with Gasteiger partial charge in [-0.05, 0) is 42.3 Å². The van der Waals surface area contributed by atoms with Crippen LogP contribution < -0.4 is 21.9 Å². The van der Waals surface area contributed by atoms with Gasteiger partial charge in [0, 0.05) is 11.1 Å². The van der Waals surface area contributed by atoms with Crippen molar-refractivity contribution < 1.29 is 114 Å². The smallest absolute Gasteiger partial charge is 0.289 e. The number of carbonyl (C=O) groups is 1. The van der Waals surface area contributed by atoms with Crippen LogP contribution in [0.1, 0.15) is 60.4 Å². The van der Waals surface area contributed by atoms with Crippen molar-refractivity contribution in [1.29, 1.82) is 0 Å². The summed E-state index contributed by atoms with van der Waals surface area (Å²) < 4.78 is 353. The monoisotopic (exact) mass is 1150 g/mol. The number of halogens is 24. The zero-order valence-corrected chi connectivity index (χ0v) is 38.6. The van der Waals surface area contributed by atoms with E-state index in [9.17, 15) is 114 Å². The largest absolute Gasteiger partial charge is 0.416 e. The molecule has 0 fully saturated rings. The molecule has 0 amide bonds. The van der Waals surface area contributed by atoms with Crippen LogP contribution in [-0.2, 0) is 63.6 Å². The van der Waals surface area contributed by atoms with E-state index < -0.39 is 205 Å². The first-order valence-electron chi connectivity index (χ1n) is 20.8. The van der Waals surface area contributed by atoms with Crippen molar-refractivity contribution in [3.8, 4) is 11.2 Å². The molecule has 0 saturated carbocycles. The minimum atomic E-state index is -6.13. The highest BCUT2D eigenvalue weighted by Gasteiger charge is 2.47. The van der Waals surface area contributed by atoms with Crippen molar-refractivity contribution in [1.82, 2.24) is 0 Å². The van der Waals surface area contributed by atoms with E-state index in [0.29, 0.717) is 5.56 Å². The first-order chi connectivity index (χ1) is 34.8. The van der Waals surface area contributed by atoms with Crippen LogP contribution in [0.25, 0.3) is 0 Å². The SMILES string of the molecule is C[S+](=O)(C#Cc1ccccc1)CC(=O)c1ccccc1.FC(F)(F)c1cc([B-](c2cc(C(F)(F)F)cc(C(F)(F)F)c2)(c2cc(C(F)(F)F)cc(C(F)(F)F)c2)c2cc(C(F)(F)F)cc(C(F)(F)F)c2)cc(C(F)(F)F)c1. The summed E-state index contributed by atoms with van der Waals surface area (Å²) in [7, 11) is -2.49. The van der Waals surface area contributed by atoms with Crippen LogP contribution >= 0.6 is 0 Å². The van der Waals surface area contributed by atoms with E-state index in [-0.39, 0.29) is 11.5 Å². The average molecular weight is 1150 g/mol. The van der Waals surface area contributed by atoms with Gasteiger partial charge in [-0.2, -0.15) is 127 Å². The predicted molar refractivity (Wildman–Crippen MR) is 233 cm³/mol. The van der Waals surface area contributed by atoms with E-state index in [4.69, 9.17) is 0 Å². The van der Waals surface area contributed by atoms with E-state index in [2.05, 4.69) is 11.2 Å². The van der Waals surface area contributed by atoms with Crippen LogP contribution in [0.3, 0.4) is 0 Å². The third kappa shape index (κ3) is 15.0. The van der Waals surface area contributed by atoms with Crippen molar-refractivity contribution in [2.45, 2.75) is 49.4 Å². The normalized spacial score (nSPS) is 13.9. The molecule has 2 nitrogen and oxygen atoms in total. The molecule has 0 bridgehead atoms. The Kier molecular flexibility index (Phi) is 16.7. The third-order valence-electron chi connectivity index (χ3n) is 11.1. The van der Waals surface area contributed by atoms with Gasteiger partial charge in [0.2, 0.25) is 5.78 Å². The van der Waals surface area contributed by atoms with Crippen LogP contribution in [0.4, 0.5) is 105 Å². The molecule has 0 heterocycles. The van der Waals surface area contributed by atoms with Gasteiger partial charge in [0.1, 0.15) is 12.4 Å². The summed E-state index contributed by atoms with van der Waals surface area (Å²) in [6.07, 6.45) is -53.3. The van der Waals surface area contributed by atoms with Crippen molar-refractivity contribution in [3.05, 3.63) is 189 Å². The van der Waals surface area contributed by atoms with E-state index >= 15 is 0 Å². The predicted octanol–water partition coefficient (Wildman–Crippen LogP) is 14.2. The summed E-state index contributed by atoms with van der Waals surface area (Å²) >= 11 is 0. The zero-order valence-electron chi connectivity index (χ0n) is 37.8. The Morgan fingerprint density at radius 3 is 0.818 bits per heavy atom. The molecule has 0 aliphatic rings. The summed E-state index contributed by atoms with van der Waals surface area (Å²) in [6, 6.07) is 9.40. The molecule has 77 heavy (non-hydrogen) atoms. The highest BCUT2D eigenvalue weighted by Crippen LogP contribution is 2.41. The average Bonchev–Trinajstić information content (AvgIpc) is 3.29. The fourth-order valence-corrected chi connectivity index (χ4v) is 8.83. The minimum Gasteiger partial charge on any atom is -0.289 e. The standard InChI is InChI=1S/C32H12BF24.C17H15O2S/c34-25(35,36)13-1-14(26(37,38)39)6-21(5-13)33(22-7-15(27(40,41)42)2-16(8-22)28(43,44)45,23-9-17(29(46,47)48)3-18(10-23)30(49,50)51)24-11-19(31(52,53)54)4-20(12-24)32(55,56)57;1-20(19,13-12-15-8-4-2-5-9-15)14-17(18)16-10-6-3-7-11-16/h1-12H;2-11H,14H2,1H3/q-1;+1. The van der Waals surface area contributed by atoms with E-state index in [0.717, 1.165) is 5.56 Å². The second kappa shape index (κ2) is 21.1. The van der Waals surface area contributed by atoms with Crippen LogP contribution in [0.5, 0.6) is 0 Å². The second-order valence-electron chi connectivity index (χ2n) is 16.8. The maximum absolute atomic E-state index is 14.2. The highest BCUT2D eigenvalue weighted by atomic mass is 32.2. The summed E-state index contributed by atoms with van der Waals surface area (Å²) in [6.45, 7) is 0. The number of alkyl halides is 24. The van der Waals surface area contributed by atoms with Crippen molar-refractivity contribution in [3.63, 3.8) is 0 Å². The Balaban J connectivity index is 0.000000455. The molecule has 1 unspecified atom stereocenters. The third-order valence-corrected chi connectivity index (χ3v) is 12.5. The molecular weight excluding hydrogens is 1120 g/mol. The van der Waals surface area contributed by atoms with Crippen LogP contribution in [0.2, 0.25) is 0 Å². The van der Waals surface area contributed by atoms with Crippen molar-refractivity contribution in [2.75, 3.05) is 12.0 Å². The number of carbonyl (C=O) groups excluding carboxylic acids is 1. The lowest BCUT2D eigenvalue weighted by molar-refractivity contribution is -0.144. The van der Waals surface area contributed by atoms with Gasteiger partial charge in [-0.25, -0.2) is 0 Å². The molecule has 28 heteroatoms. The van der Waals surface area contributed by atoms with Gasteiger partial charge >= 0.3 is 49.4 Å². The first kappa shape index (κ1) is 60.9. The molecule has 0 spiro atoms. The van der Waals surface area contributed by atoms with Gasteiger partial charge in [0.05, 0.1) is 44.5 Å². The number of Topliss-reactive ketones (excluding diaryl/α,β-unsaturated/α-hetero) is 1. The first-order valence-corrected chi connectivity index (χ1v) is 23.0. The lowest BCUT2D eigenvalue weighted by atomic mass is 9.12. The maximum Gasteiger partial charge on any atom is 0.416 e. The fourth-order valence-electron chi connectivity index (χ4n) is 7.75. The molecule has 6 rings (SSSR count). The highest BCUT2D eigenvalue weighted by molar-refractivity contribution is 8.07. The Hall–Kier alpha value is -6.92. The van der Waals surface area contributed by atoms with E-state index in [1.54, 1.807) is 24.3 Å². The number of ketones is 1. The zero-order chi connectivity index (χ0) is 58.3. The van der Waals surface area contributed by atoms with Gasteiger partial charge in [0.25, 0.3) is 0 Å². The van der Waals surface area contributed by atoms with Crippen LogP contribution in [0, 0.1) is 11.2 Å². The molecule has 0 aliphatic heterocycles. The Labute approximate surface area is 419 Å². The fraction of sp³-hybridized carbons (Fsp3) is 0.204. The lowest BCUT2D eigenvalue weighted by Gasteiger charge is -2.46. The van der Waals surface area contributed by atoms with Crippen molar-refractivity contribution >= 4 is 43.7 Å². The number of hydrogen-bond donors (Lipinski definition) is 0. The molecule has 1 atom stereocenters. The maximum atomic E-state index is 14.2. The van der Waals surface area contributed by atoms with E-state index in [1.807, 2.05) is 36.4 Å². The number of hydrogen-bond acceptors (Lipinski definition) is 2. The lowest BCUT2D eigenvalue weighted by Crippen LogP contribution is -2.75. The molecule has 0 aliphatic carbocycles. The molecule has 0 aromatic heterocycles. The molecule has 0 saturated heterocycles. The second-order valence-corrected chi connectivity index (χ2v) is 19.3. The van der Waals surface area contributed by atoms with Gasteiger partial charge in [0.15, 0.2) is 20.9 Å². The quantitative estimate of drug-likeness (QED) is 0.0525. The summed E-state index contributed by atoms with van der Waals surface area (Å²) in [5.74, 6) is 2.68. The minimum absolute atomic E-state index is 0.0448. The number of rotatable bonds is 7. The molecular formula is C49H27BF24O2S. The van der Waals surface area contributed by atoms with Gasteiger partial charge in [-0.3, -0.25) is 4.79 Å². The topological polar surface area (TPSA) is 34.1 Å². The van der Waals surface area contributed by atoms with Crippen LogP contribution in [0.15, 0.2) is 133 Å². The number of benzene rings is 6. The summed E-state index contributed by atoms with van der Waals surface area (Å²) in [4.78, 5) is 12.0. The van der Waals surface area contributed by atoms with Gasteiger partial charge in [-0.15, -0.1) is 0 Å². The van der Waals surface area contributed by atoms with E-state index in [1.165, 1.54) is 6.26 Å². The molecule has 6 aromatic rings. The Morgan fingerprint density at radius 1 is 0.377 bits per heavy atom. The molecule has 412 valence electrons. The Morgan fingerprint density at radius 2 is 0.597 bits per heavy atom. The Bertz CT molecular complexity index is 2790. The molecule has 0 N–H and O–H groups in total. The molecule has 0 radical (unpaired) electrons. The van der Waals surface area contributed by atoms with Gasteiger partial charge < -0.3 is 0 Å².